The monoisotopic (exact) mass is 250 g/mol. The van der Waals surface area contributed by atoms with Crippen molar-refractivity contribution in [2.24, 2.45) is 12.5 Å². The van der Waals surface area contributed by atoms with Crippen molar-refractivity contribution in [3.05, 3.63) is 17.5 Å². The summed E-state index contributed by atoms with van der Waals surface area (Å²) in [6, 6.07) is 0.587. The molecule has 1 fully saturated rings. The summed E-state index contributed by atoms with van der Waals surface area (Å²) in [4.78, 5) is 0. The van der Waals surface area contributed by atoms with Gasteiger partial charge >= 0.3 is 0 Å². The first-order valence-electron chi connectivity index (χ1n) is 6.98. The zero-order valence-electron chi connectivity index (χ0n) is 12.1. The molecule has 1 saturated heterocycles. The Labute approximate surface area is 110 Å². The summed E-state index contributed by atoms with van der Waals surface area (Å²) in [6.07, 6.45) is 4.35. The molecule has 1 aromatic rings. The van der Waals surface area contributed by atoms with E-state index in [2.05, 4.69) is 42.7 Å². The van der Waals surface area contributed by atoms with Crippen LogP contribution in [-0.4, -0.2) is 28.9 Å². The van der Waals surface area contributed by atoms with Gasteiger partial charge in [-0.3, -0.25) is 4.68 Å². The minimum Gasteiger partial charge on any atom is -0.316 e. The van der Waals surface area contributed by atoms with Gasteiger partial charge in [-0.05, 0) is 24.8 Å². The molecule has 0 saturated carbocycles. The van der Waals surface area contributed by atoms with Crippen LogP contribution in [0, 0.1) is 5.41 Å². The number of piperidine rings is 1. The van der Waals surface area contributed by atoms with Crippen molar-refractivity contribution < 1.29 is 0 Å². The Hall–Kier alpha value is -0.870. The first-order valence-corrected chi connectivity index (χ1v) is 6.98. The van der Waals surface area contributed by atoms with Gasteiger partial charge in [0.2, 0.25) is 0 Å². The average Bonchev–Trinajstić information content (AvgIpc) is 2.68. The van der Waals surface area contributed by atoms with Gasteiger partial charge in [-0.2, -0.15) is 5.10 Å². The zero-order chi connectivity index (χ0) is 13.2. The minimum absolute atomic E-state index is 0.326. The first-order chi connectivity index (χ1) is 8.53. The number of hydrogen-bond donors (Lipinski definition) is 2. The van der Waals surface area contributed by atoms with E-state index >= 15 is 0 Å². The van der Waals surface area contributed by atoms with Crippen LogP contribution in [0.1, 0.15) is 38.4 Å². The Morgan fingerprint density at radius 3 is 3.00 bits per heavy atom. The molecule has 2 N–H and O–H groups in total. The third-order valence-electron chi connectivity index (χ3n) is 4.00. The number of aromatic nitrogens is 2. The summed E-state index contributed by atoms with van der Waals surface area (Å²) < 4.78 is 1.92. The Balaban J connectivity index is 1.98. The normalized spacial score (nSPS) is 23.2. The van der Waals surface area contributed by atoms with Crippen LogP contribution in [0.15, 0.2) is 6.20 Å². The lowest BCUT2D eigenvalue weighted by Gasteiger charge is -2.39. The summed E-state index contributed by atoms with van der Waals surface area (Å²) in [5.74, 6) is 0. The molecule has 1 unspecified atom stereocenters. The van der Waals surface area contributed by atoms with Gasteiger partial charge in [0.1, 0.15) is 0 Å². The van der Waals surface area contributed by atoms with Crippen molar-refractivity contribution in [1.29, 1.82) is 0 Å². The van der Waals surface area contributed by atoms with E-state index in [0.717, 1.165) is 26.1 Å². The topological polar surface area (TPSA) is 41.9 Å². The van der Waals surface area contributed by atoms with Crippen LogP contribution in [-0.2, 0) is 20.0 Å². The largest absolute Gasteiger partial charge is 0.316 e. The van der Waals surface area contributed by atoms with Crippen LogP contribution in [0.4, 0.5) is 0 Å². The highest BCUT2D eigenvalue weighted by Crippen LogP contribution is 2.25. The quantitative estimate of drug-likeness (QED) is 0.850. The zero-order valence-corrected chi connectivity index (χ0v) is 12.1. The smallest absolute Gasteiger partial charge is 0.0666 e. The van der Waals surface area contributed by atoms with Crippen LogP contribution in [0.25, 0.3) is 0 Å². The summed E-state index contributed by atoms with van der Waals surface area (Å²) in [5.41, 5.74) is 2.89. The van der Waals surface area contributed by atoms with E-state index in [9.17, 15) is 0 Å². The Morgan fingerprint density at radius 1 is 1.56 bits per heavy atom. The summed E-state index contributed by atoms with van der Waals surface area (Å²) in [6.45, 7) is 9.99. The van der Waals surface area contributed by atoms with Crippen molar-refractivity contribution in [3.63, 3.8) is 0 Å². The van der Waals surface area contributed by atoms with Gasteiger partial charge in [-0.1, -0.05) is 20.8 Å². The highest BCUT2D eigenvalue weighted by molar-refractivity contribution is 5.17. The summed E-state index contributed by atoms with van der Waals surface area (Å²) in [7, 11) is 2.00. The fraction of sp³-hybridized carbons (Fsp3) is 0.786. The van der Waals surface area contributed by atoms with Gasteiger partial charge in [0.05, 0.1) is 5.69 Å². The molecule has 1 atom stereocenters. The molecule has 0 bridgehead atoms. The second-order valence-electron chi connectivity index (χ2n) is 6.02. The number of rotatable bonds is 4. The van der Waals surface area contributed by atoms with E-state index in [1.165, 1.54) is 17.7 Å². The lowest BCUT2D eigenvalue weighted by Crippen LogP contribution is -2.52. The Bertz CT molecular complexity index is 394. The molecule has 0 aliphatic carbocycles. The number of nitrogens with zero attached hydrogens (tertiary/aromatic N) is 2. The van der Waals surface area contributed by atoms with Gasteiger partial charge < -0.3 is 10.6 Å². The molecule has 1 aliphatic rings. The van der Waals surface area contributed by atoms with Crippen molar-refractivity contribution in [2.75, 3.05) is 13.1 Å². The highest BCUT2D eigenvalue weighted by Gasteiger charge is 2.31. The van der Waals surface area contributed by atoms with Crippen LogP contribution >= 0.6 is 0 Å². The summed E-state index contributed by atoms with van der Waals surface area (Å²) >= 11 is 0. The third kappa shape index (κ3) is 2.93. The molecule has 2 rings (SSSR count). The van der Waals surface area contributed by atoms with E-state index in [-0.39, 0.29) is 0 Å². The van der Waals surface area contributed by atoms with Crippen molar-refractivity contribution in [2.45, 2.75) is 46.2 Å². The Morgan fingerprint density at radius 2 is 2.33 bits per heavy atom. The van der Waals surface area contributed by atoms with Gasteiger partial charge in [0.25, 0.3) is 0 Å². The maximum Gasteiger partial charge on any atom is 0.0666 e. The average molecular weight is 250 g/mol. The molecule has 0 radical (unpaired) electrons. The van der Waals surface area contributed by atoms with Crippen LogP contribution < -0.4 is 10.6 Å². The van der Waals surface area contributed by atoms with Gasteiger partial charge in [0.15, 0.2) is 0 Å². The molecule has 102 valence electrons. The summed E-state index contributed by atoms with van der Waals surface area (Å²) in [5, 5.41) is 11.7. The highest BCUT2D eigenvalue weighted by atomic mass is 15.3. The molecule has 0 aromatic carbocycles. The molecular weight excluding hydrogens is 224 g/mol. The number of nitrogens with one attached hydrogen (secondary N) is 2. The third-order valence-corrected chi connectivity index (χ3v) is 4.00. The van der Waals surface area contributed by atoms with Gasteiger partial charge in [-0.15, -0.1) is 0 Å². The molecule has 0 amide bonds. The molecule has 4 heteroatoms. The van der Waals surface area contributed by atoms with Crippen molar-refractivity contribution in [3.8, 4) is 0 Å². The predicted octanol–water partition coefficient (Wildman–Crippen LogP) is 1.46. The fourth-order valence-electron chi connectivity index (χ4n) is 2.81. The van der Waals surface area contributed by atoms with Crippen molar-refractivity contribution in [1.82, 2.24) is 20.4 Å². The minimum atomic E-state index is 0.326. The molecule has 18 heavy (non-hydrogen) atoms. The second kappa shape index (κ2) is 5.41. The molecule has 0 spiro atoms. The lowest BCUT2D eigenvalue weighted by molar-refractivity contribution is 0.184. The standard InChI is InChI=1S/C14H26N4/c1-5-12-11(9-18(4)17-12)8-16-13-6-7-15-10-14(13,2)3/h9,13,15-16H,5-8,10H2,1-4H3. The maximum atomic E-state index is 4.49. The van der Waals surface area contributed by atoms with Gasteiger partial charge in [0, 0.05) is 37.9 Å². The van der Waals surface area contributed by atoms with E-state index in [0.29, 0.717) is 11.5 Å². The molecule has 4 nitrogen and oxygen atoms in total. The van der Waals surface area contributed by atoms with Crippen LogP contribution in [0.5, 0.6) is 0 Å². The molecule has 1 aliphatic heterocycles. The maximum absolute atomic E-state index is 4.49. The number of hydrogen-bond acceptors (Lipinski definition) is 3. The first kappa shape index (κ1) is 13.6. The predicted molar refractivity (Wildman–Crippen MR) is 74.5 cm³/mol. The SMILES string of the molecule is CCc1nn(C)cc1CNC1CCNCC1(C)C. The molecule has 2 heterocycles. The van der Waals surface area contributed by atoms with Crippen LogP contribution in [0.3, 0.4) is 0 Å². The molecule has 1 aromatic heterocycles. The van der Waals surface area contributed by atoms with E-state index in [1.807, 2.05) is 11.7 Å². The fourth-order valence-corrected chi connectivity index (χ4v) is 2.81. The van der Waals surface area contributed by atoms with Crippen molar-refractivity contribution >= 4 is 0 Å². The van der Waals surface area contributed by atoms with Crippen LogP contribution in [0.2, 0.25) is 0 Å². The number of aryl methyl sites for hydroxylation is 2. The second-order valence-corrected chi connectivity index (χ2v) is 6.02. The lowest BCUT2D eigenvalue weighted by atomic mass is 9.80. The van der Waals surface area contributed by atoms with E-state index in [1.54, 1.807) is 0 Å². The molecular formula is C14H26N4. The van der Waals surface area contributed by atoms with E-state index in [4.69, 9.17) is 0 Å². The van der Waals surface area contributed by atoms with Gasteiger partial charge in [-0.25, -0.2) is 0 Å². The van der Waals surface area contributed by atoms with E-state index < -0.39 is 0 Å². The Kier molecular flexibility index (Phi) is 4.07.